The van der Waals surface area contributed by atoms with Crippen molar-refractivity contribution in [3.05, 3.63) is 72.2 Å². The Balaban J connectivity index is 0. The predicted octanol–water partition coefficient (Wildman–Crippen LogP) is -0.962. The van der Waals surface area contributed by atoms with Crippen LogP contribution >= 0.6 is 0 Å². The van der Waals surface area contributed by atoms with E-state index in [0.29, 0.717) is 11.1 Å². The summed E-state index contributed by atoms with van der Waals surface area (Å²) in [5.41, 5.74) is -1.26. The Kier molecular flexibility index (Phi) is 14.1. The van der Waals surface area contributed by atoms with Crippen molar-refractivity contribution >= 4 is 23.5 Å². The Hall–Kier alpha value is -2.17. The van der Waals surface area contributed by atoms with E-state index in [1.54, 1.807) is 36.5 Å². The summed E-state index contributed by atoms with van der Waals surface area (Å²) in [7, 11) is 0. The molecule has 8 nitrogen and oxygen atoms in total. The van der Waals surface area contributed by atoms with Crippen molar-refractivity contribution in [3.63, 3.8) is 0 Å². The second-order valence-corrected chi connectivity index (χ2v) is 7.51. The quantitative estimate of drug-likeness (QED) is 0.273. The van der Waals surface area contributed by atoms with Crippen molar-refractivity contribution in [3.8, 4) is 0 Å². The van der Waals surface area contributed by atoms with Crippen molar-refractivity contribution < 1.29 is 75.7 Å². The van der Waals surface area contributed by atoms with Gasteiger partial charge in [-0.05, 0) is 52.0 Å². The van der Waals surface area contributed by atoms with Gasteiger partial charge in [0.05, 0.1) is 0 Å². The minimum Gasteiger partial charge on any atom is -0.480 e. The van der Waals surface area contributed by atoms with Crippen LogP contribution in [0.1, 0.15) is 27.7 Å². The number of ketones is 2. The average molecular weight is 496 g/mol. The van der Waals surface area contributed by atoms with E-state index in [2.05, 4.69) is 10.6 Å². The minimum absolute atomic E-state index is 0. The van der Waals surface area contributed by atoms with E-state index in [-0.39, 0.29) is 57.9 Å². The van der Waals surface area contributed by atoms with Crippen LogP contribution in [0.3, 0.4) is 0 Å². The van der Waals surface area contributed by atoms with Crippen LogP contribution in [0.25, 0.3) is 0 Å². The van der Waals surface area contributed by atoms with Crippen molar-refractivity contribution in [1.29, 1.82) is 0 Å². The van der Waals surface area contributed by atoms with Gasteiger partial charge >= 0.3 is 41.5 Å². The molecule has 1 radical (unpaired) electrons. The fraction of sp³-hybridized carbons (Fsp3) is 0.273. The monoisotopic (exact) mass is 496 g/mol. The molecule has 0 aromatic carbocycles. The van der Waals surface area contributed by atoms with Gasteiger partial charge in [-0.25, -0.2) is 9.59 Å². The molecule has 0 aliphatic heterocycles. The SMILES string of the molecule is CC(C)(N/C=C1/C=CC=CC1=O)C(=O)O.CC(C)(N/C=C1/C=CC=CC1=O)C(=O)O.[Co].[Na+]. The predicted molar refractivity (Wildman–Crippen MR) is 112 cm³/mol. The largest absolute Gasteiger partial charge is 1.00 e. The molecule has 2 aliphatic carbocycles. The first-order valence-corrected chi connectivity index (χ1v) is 9.07. The van der Waals surface area contributed by atoms with Gasteiger partial charge in [-0.3, -0.25) is 9.59 Å². The summed E-state index contributed by atoms with van der Waals surface area (Å²) in [5.74, 6) is -2.21. The standard InChI is InChI=1S/2C11H13NO3.Co.Na/c2*1-11(2,10(14)15)12-7-8-5-3-4-6-9(8)13;;/h2*3-7,12H,1-2H3,(H,14,15);;/q;;;+1/b2*8-7-;;. The Morgan fingerprint density at radius 3 is 1.25 bits per heavy atom. The summed E-state index contributed by atoms with van der Waals surface area (Å²) in [6, 6.07) is 0. The third kappa shape index (κ3) is 10.4. The Bertz CT molecular complexity index is 837. The average Bonchev–Trinajstić information content (AvgIpc) is 2.67. The number of aliphatic carboxylic acids is 2. The summed E-state index contributed by atoms with van der Waals surface area (Å²) in [4.78, 5) is 44.1. The molecular formula is C22H26CoN2NaO6+. The van der Waals surface area contributed by atoms with Crippen LogP contribution in [0.2, 0.25) is 0 Å². The van der Waals surface area contributed by atoms with Crippen molar-refractivity contribution in [2.75, 3.05) is 0 Å². The molecule has 0 fully saturated rings. The molecule has 32 heavy (non-hydrogen) atoms. The Morgan fingerprint density at radius 1 is 0.719 bits per heavy atom. The number of carbonyl (C=O) groups excluding carboxylic acids is 2. The molecule has 0 heterocycles. The number of rotatable bonds is 6. The van der Waals surface area contributed by atoms with E-state index in [4.69, 9.17) is 10.2 Å². The molecular weight excluding hydrogens is 470 g/mol. The van der Waals surface area contributed by atoms with Gasteiger partial charge in [0.1, 0.15) is 11.1 Å². The van der Waals surface area contributed by atoms with E-state index < -0.39 is 23.0 Å². The summed E-state index contributed by atoms with van der Waals surface area (Å²) in [6.45, 7) is 6.11. The van der Waals surface area contributed by atoms with Gasteiger partial charge in [-0.1, -0.05) is 24.3 Å². The molecule has 0 saturated carbocycles. The van der Waals surface area contributed by atoms with Crippen LogP contribution in [0.4, 0.5) is 0 Å². The Labute approximate surface area is 219 Å². The zero-order valence-electron chi connectivity index (χ0n) is 18.6. The molecule has 2 aliphatic rings. The van der Waals surface area contributed by atoms with Gasteiger partial charge in [0.2, 0.25) is 0 Å². The fourth-order valence-corrected chi connectivity index (χ4v) is 1.84. The summed E-state index contributed by atoms with van der Waals surface area (Å²) in [5, 5.41) is 23.0. The van der Waals surface area contributed by atoms with Crippen LogP contribution in [-0.2, 0) is 36.0 Å². The molecule has 0 bridgehead atoms. The molecule has 169 valence electrons. The van der Waals surface area contributed by atoms with Gasteiger partial charge in [0, 0.05) is 40.3 Å². The smallest absolute Gasteiger partial charge is 0.480 e. The second-order valence-electron chi connectivity index (χ2n) is 7.51. The number of carboxylic acid groups (broad SMARTS) is 2. The molecule has 0 aromatic heterocycles. The van der Waals surface area contributed by atoms with Gasteiger partial charge < -0.3 is 20.8 Å². The van der Waals surface area contributed by atoms with E-state index in [0.717, 1.165) is 0 Å². The normalized spacial score (nSPS) is 17.1. The number of carbonyl (C=O) groups is 4. The van der Waals surface area contributed by atoms with Crippen molar-refractivity contribution in [2.45, 2.75) is 38.8 Å². The molecule has 0 unspecified atom stereocenters. The zero-order chi connectivity index (χ0) is 22.9. The van der Waals surface area contributed by atoms with Gasteiger partial charge in [0.15, 0.2) is 11.6 Å². The molecule has 0 amide bonds. The second kappa shape index (κ2) is 14.1. The van der Waals surface area contributed by atoms with Crippen molar-refractivity contribution in [2.24, 2.45) is 0 Å². The Morgan fingerprint density at radius 2 is 1.00 bits per heavy atom. The van der Waals surface area contributed by atoms with Crippen molar-refractivity contribution in [1.82, 2.24) is 10.6 Å². The van der Waals surface area contributed by atoms with Gasteiger partial charge in [-0.2, -0.15) is 0 Å². The maximum absolute atomic E-state index is 11.3. The topological polar surface area (TPSA) is 133 Å². The van der Waals surface area contributed by atoms with Crippen LogP contribution < -0.4 is 40.2 Å². The molecule has 0 aromatic rings. The summed E-state index contributed by atoms with van der Waals surface area (Å²) in [6.07, 6.45) is 15.7. The molecule has 0 atom stereocenters. The van der Waals surface area contributed by atoms with E-state index in [1.165, 1.54) is 52.2 Å². The molecule has 10 heteroatoms. The first-order chi connectivity index (χ1) is 13.9. The van der Waals surface area contributed by atoms with E-state index in [1.807, 2.05) is 0 Å². The van der Waals surface area contributed by atoms with Gasteiger partial charge in [-0.15, -0.1) is 0 Å². The van der Waals surface area contributed by atoms with E-state index in [9.17, 15) is 19.2 Å². The first-order valence-electron chi connectivity index (χ1n) is 9.07. The van der Waals surface area contributed by atoms with Crippen LogP contribution in [0.15, 0.2) is 72.2 Å². The third-order valence-electron chi connectivity index (χ3n) is 4.08. The number of hydrogen-bond acceptors (Lipinski definition) is 6. The van der Waals surface area contributed by atoms with E-state index >= 15 is 0 Å². The summed E-state index contributed by atoms with van der Waals surface area (Å²) < 4.78 is 0. The number of allylic oxidation sites excluding steroid dienone is 10. The number of nitrogens with one attached hydrogen (secondary N) is 2. The maximum Gasteiger partial charge on any atom is 1.00 e. The molecule has 0 spiro atoms. The maximum atomic E-state index is 11.3. The summed E-state index contributed by atoms with van der Waals surface area (Å²) >= 11 is 0. The molecule has 0 saturated heterocycles. The van der Waals surface area contributed by atoms with Crippen LogP contribution in [0, 0.1) is 0 Å². The molecule has 4 N–H and O–H groups in total. The minimum atomic E-state index is -1.08. The third-order valence-corrected chi connectivity index (χ3v) is 4.08. The number of hydrogen-bond donors (Lipinski definition) is 4. The number of carboxylic acids is 2. The van der Waals surface area contributed by atoms with Crippen LogP contribution in [0.5, 0.6) is 0 Å². The van der Waals surface area contributed by atoms with Gasteiger partial charge in [0.25, 0.3) is 0 Å². The molecule has 2 rings (SSSR count). The fourth-order valence-electron chi connectivity index (χ4n) is 1.84. The zero-order valence-corrected chi connectivity index (χ0v) is 21.7. The first kappa shape index (κ1) is 32.0. The van der Waals surface area contributed by atoms with Crippen LogP contribution in [-0.4, -0.2) is 44.8 Å².